The number of nitrogens with zero attached hydrogens (tertiary/aromatic N) is 1. The largest absolute Gasteiger partial charge is 0.355 e. The molecule has 1 N–H and O–H groups in total. The molecule has 0 aliphatic heterocycles. The van der Waals surface area contributed by atoms with E-state index in [1.807, 2.05) is 0 Å². The Morgan fingerprint density at radius 2 is 1.67 bits per heavy atom. The van der Waals surface area contributed by atoms with Crippen molar-refractivity contribution in [2.75, 3.05) is 5.32 Å². The number of hydrogen-bond donors (Lipinski definition) is 1. The fraction of sp³-hybridized carbons (Fsp3) is 0.0526. The van der Waals surface area contributed by atoms with Crippen molar-refractivity contribution in [1.29, 1.82) is 0 Å². The van der Waals surface area contributed by atoms with Gasteiger partial charge in [0.15, 0.2) is 0 Å². The van der Waals surface area contributed by atoms with Crippen LogP contribution in [0.5, 0.6) is 0 Å². The van der Waals surface area contributed by atoms with E-state index in [4.69, 9.17) is 0 Å². The molecular formula is C19H16N2. The Bertz CT molecular complexity index is 929. The highest BCUT2D eigenvalue weighted by Gasteiger charge is 2.03. The van der Waals surface area contributed by atoms with Crippen molar-refractivity contribution >= 4 is 33.1 Å². The molecule has 0 radical (unpaired) electrons. The maximum absolute atomic E-state index is 3.54. The summed E-state index contributed by atoms with van der Waals surface area (Å²) in [6.07, 6.45) is 2.09. The molecule has 0 spiro atoms. The summed E-state index contributed by atoms with van der Waals surface area (Å²) in [5.74, 6) is 0. The van der Waals surface area contributed by atoms with Crippen LogP contribution >= 0.6 is 0 Å². The standard InChI is InChI=1S/C19H16N2/c1-21-12-11-15-13-16(9-10-19(15)21)20-18-8-4-6-14-5-2-3-7-17(14)18/h2-13,20H,1H3. The smallest absolute Gasteiger partial charge is 0.0479 e. The van der Waals surface area contributed by atoms with Gasteiger partial charge in [0.2, 0.25) is 0 Å². The first-order valence-corrected chi connectivity index (χ1v) is 7.11. The molecule has 0 fully saturated rings. The van der Waals surface area contributed by atoms with Crippen LogP contribution in [0.4, 0.5) is 11.4 Å². The Kier molecular flexibility index (Phi) is 2.68. The van der Waals surface area contributed by atoms with Crippen LogP contribution in [-0.4, -0.2) is 4.57 Å². The molecule has 4 aromatic rings. The first-order chi connectivity index (χ1) is 10.3. The molecule has 21 heavy (non-hydrogen) atoms. The van der Waals surface area contributed by atoms with Gasteiger partial charge in [-0.15, -0.1) is 0 Å². The zero-order valence-corrected chi connectivity index (χ0v) is 11.9. The molecule has 0 atom stereocenters. The fourth-order valence-corrected chi connectivity index (χ4v) is 2.85. The Morgan fingerprint density at radius 3 is 2.62 bits per heavy atom. The van der Waals surface area contributed by atoms with Crippen molar-refractivity contribution in [3.63, 3.8) is 0 Å². The van der Waals surface area contributed by atoms with Gasteiger partial charge in [0.05, 0.1) is 0 Å². The number of aromatic nitrogens is 1. The van der Waals surface area contributed by atoms with Gasteiger partial charge in [0.1, 0.15) is 0 Å². The number of nitrogens with one attached hydrogen (secondary N) is 1. The summed E-state index contributed by atoms with van der Waals surface area (Å²) in [5.41, 5.74) is 3.51. The molecule has 102 valence electrons. The van der Waals surface area contributed by atoms with Gasteiger partial charge in [-0.3, -0.25) is 0 Å². The van der Waals surface area contributed by atoms with E-state index in [0.717, 1.165) is 11.4 Å². The molecule has 0 saturated heterocycles. The van der Waals surface area contributed by atoms with Gasteiger partial charge in [-0.1, -0.05) is 36.4 Å². The Morgan fingerprint density at radius 1 is 0.810 bits per heavy atom. The minimum atomic E-state index is 1.12. The summed E-state index contributed by atoms with van der Waals surface area (Å²) in [4.78, 5) is 0. The Hall–Kier alpha value is -2.74. The molecular weight excluding hydrogens is 256 g/mol. The number of hydrogen-bond acceptors (Lipinski definition) is 1. The lowest BCUT2D eigenvalue weighted by atomic mass is 10.1. The molecule has 3 aromatic carbocycles. The number of benzene rings is 3. The maximum Gasteiger partial charge on any atom is 0.0479 e. The van der Waals surface area contributed by atoms with E-state index in [9.17, 15) is 0 Å². The molecule has 1 heterocycles. The SMILES string of the molecule is Cn1ccc2cc(Nc3cccc4ccccc34)ccc21. The van der Waals surface area contributed by atoms with E-state index in [2.05, 4.69) is 89.9 Å². The average molecular weight is 272 g/mol. The van der Waals surface area contributed by atoms with E-state index in [1.54, 1.807) is 0 Å². The van der Waals surface area contributed by atoms with Crippen molar-refractivity contribution in [1.82, 2.24) is 4.57 Å². The van der Waals surface area contributed by atoms with Crippen molar-refractivity contribution in [2.45, 2.75) is 0 Å². The predicted molar refractivity (Wildman–Crippen MR) is 90.1 cm³/mol. The molecule has 0 unspecified atom stereocenters. The first kappa shape index (κ1) is 12.0. The van der Waals surface area contributed by atoms with Crippen molar-refractivity contribution in [3.05, 3.63) is 72.9 Å². The number of aryl methyl sites for hydroxylation is 1. The highest BCUT2D eigenvalue weighted by Crippen LogP contribution is 2.28. The van der Waals surface area contributed by atoms with Crippen LogP contribution in [0.3, 0.4) is 0 Å². The predicted octanol–water partition coefficient (Wildman–Crippen LogP) is 5.08. The van der Waals surface area contributed by atoms with Gasteiger partial charge < -0.3 is 9.88 Å². The second-order valence-electron chi connectivity index (χ2n) is 5.35. The van der Waals surface area contributed by atoms with E-state index in [0.29, 0.717) is 0 Å². The quantitative estimate of drug-likeness (QED) is 0.538. The molecule has 2 heteroatoms. The topological polar surface area (TPSA) is 17.0 Å². The van der Waals surface area contributed by atoms with Gasteiger partial charge in [0.25, 0.3) is 0 Å². The van der Waals surface area contributed by atoms with Crippen LogP contribution in [-0.2, 0) is 7.05 Å². The lowest BCUT2D eigenvalue weighted by Gasteiger charge is -2.10. The van der Waals surface area contributed by atoms with E-state index < -0.39 is 0 Å². The fourth-order valence-electron chi connectivity index (χ4n) is 2.85. The molecule has 0 aliphatic carbocycles. The highest BCUT2D eigenvalue weighted by molar-refractivity contribution is 5.96. The van der Waals surface area contributed by atoms with Crippen LogP contribution in [0.15, 0.2) is 72.9 Å². The van der Waals surface area contributed by atoms with E-state index in [1.165, 1.54) is 21.7 Å². The molecule has 2 nitrogen and oxygen atoms in total. The highest BCUT2D eigenvalue weighted by atomic mass is 14.9. The van der Waals surface area contributed by atoms with Gasteiger partial charge in [-0.2, -0.15) is 0 Å². The third-order valence-electron chi connectivity index (χ3n) is 3.95. The van der Waals surface area contributed by atoms with Crippen molar-refractivity contribution < 1.29 is 0 Å². The maximum atomic E-state index is 3.54. The lowest BCUT2D eigenvalue weighted by Crippen LogP contribution is -1.91. The summed E-state index contributed by atoms with van der Waals surface area (Å²) in [6, 6.07) is 23.4. The summed E-state index contributed by atoms with van der Waals surface area (Å²) in [6.45, 7) is 0. The molecule has 0 amide bonds. The second-order valence-corrected chi connectivity index (χ2v) is 5.35. The summed E-state index contributed by atoms with van der Waals surface area (Å²) >= 11 is 0. The number of anilines is 2. The van der Waals surface area contributed by atoms with Crippen LogP contribution in [0.1, 0.15) is 0 Å². The van der Waals surface area contributed by atoms with E-state index in [-0.39, 0.29) is 0 Å². The van der Waals surface area contributed by atoms with Crippen molar-refractivity contribution in [2.24, 2.45) is 7.05 Å². The molecule has 4 rings (SSSR count). The third-order valence-corrected chi connectivity index (χ3v) is 3.95. The molecule has 1 aromatic heterocycles. The monoisotopic (exact) mass is 272 g/mol. The van der Waals surface area contributed by atoms with Crippen LogP contribution in [0.2, 0.25) is 0 Å². The Labute approximate surface area is 123 Å². The lowest BCUT2D eigenvalue weighted by molar-refractivity contribution is 0.969. The van der Waals surface area contributed by atoms with Crippen molar-refractivity contribution in [3.8, 4) is 0 Å². The average Bonchev–Trinajstić information content (AvgIpc) is 2.89. The summed E-state index contributed by atoms with van der Waals surface area (Å²) in [5, 5.41) is 7.29. The number of fused-ring (bicyclic) bond motifs is 2. The minimum Gasteiger partial charge on any atom is -0.355 e. The number of rotatable bonds is 2. The van der Waals surface area contributed by atoms with Gasteiger partial charge in [-0.25, -0.2) is 0 Å². The van der Waals surface area contributed by atoms with Crippen LogP contribution in [0.25, 0.3) is 21.7 Å². The zero-order chi connectivity index (χ0) is 14.2. The van der Waals surface area contributed by atoms with E-state index >= 15 is 0 Å². The normalized spacial score (nSPS) is 11.1. The molecule has 0 bridgehead atoms. The van der Waals surface area contributed by atoms with Gasteiger partial charge >= 0.3 is 0 Å². The zero-order valence-electron chi connectivity index (χ0n) is 11.9. The summed E-state index contributed by atoms with van der Waals surface area (Å²) in [7, 11) is 2.07. The van der Waals surface area contributed by atoms with Crippen LogP contribution in [0, 0.1) is 0 Å². The molecule has 0 saturated carbocycles. The second kappa shape index (κ2) is 4.67. The molecule has 0 aliphatic rings. The van der Waals surface area contributed by atoms with Gasteiger partial charge in [0, 0.05) is 40.9 Å². The minimum absolute atomic E-state index is 1.12. The summed E-state index contributed by atoms with van der Waals surface area (Å²) < 4.78 is 2.14. The van der Waals surface area contributed by atoms with Crippen LogP contribution < -0.4 is 5.32 Å². The van der Waals surface area contributed by atoms with Gasteiger partial charge in [-0.05, 0) is 35.7 Å². The third kappa shape index (κ3) is 2.05. The first-order valence-electron chi connectivity index (χ1n) is 7.11. The Balaban J connectivity index is 1.79.